The Morgan fingerprint density at radius 3 is 1.83 bits per heavy atom. The molecule has 12 heavy (non-hydrogen) atoms. The van der Waals surface area contributed by atoms with E-state index in [1.165, 1.54) is 0 Å². The molecule has 0 fully saturated rings. The maximum atomic E-state index is 5.54. The molecule has 0 saturated heterocycles. The van der Waals surface area contributed by atoms with Crippen LogP contribution in [0.1, 0.15) is 0 Å². The first-order valence-corrected chi connectivity index (χ1v) is 3.77. The second-order valence-electron chi connectivity index (χ2n) is 1.95. The van der Waals surface area contributed by atoms with Gasteiger partial charge in [0.2, 0.25) is 0 Å². The Morgan fingerprint density at radius 1 is 1.00 bits per heavy atom. The second kappa shape index (κ2) is 5.32. The molecule has 0 spiro atoms. The molecule has 0 unspecified atom stereocenters. The van der Waals surface area contributed by atoms with Crippen LogP contribution in [0.3, 0.4) is 0 Å². The van der Waals surface area contributed by atoms with E-state index in [-0.39, 0.29) is 0 Å². The van der Waals surface area contributed by atoms with Crippen LogP contribution in [0.4, 0.5) is 0 Å². The highest BCUT2D eigenvalue weighted by molar-refractivity contribution is 6.30. The number of hydrogen-bond acceptors (Lipinski definition) is 2. The third-order valence-electron chi connectivity index (χ3n) is 1.06. The van der Waals surface area contributed by atoms with Crippen molar-refractivity contribution in [2.24, 2.45) is 0 Å². The van der Waals surface area contributed by atoms with E-state index in [1.54, 1.807) is 12.4 Å². The summed E-state index contributed by atoms with van der Waals surface area (Å²) in [6.07, 6.45) is 3.17. The van der Waals surface area contributed by atoms with Gasteiger partial charge in [-0.2, -0.15) is 15.4 Å². The van der Waals surface area contributed by atoms with Crippen LogP contribution < -0.4 is 0 Å². The van der Waals surface area contributed by atoms with Crippen LogP contribution in [0, 0.1) is 0 Å². The lowest BCUT2D eigenvalue weighted by molar-refractivity contribution is 0.940. The minimum atomic E-state index is 0.794. The molecule has 4 heteroatoms. The van der Waals surface area contributed by atoms with Crippen LogP contribution in [0.25, 0.3) is 0 Å². The fraction of sp³-hybridized carbons (Fsp3) is 0. The number of halogens is 1. The minimum absolute atomic E-state index is 0.794. The Bertz CT molecular complexity index is 263. The molecule has 62 valence electrons. The normalized spacial score (nSPS) is 8.42. The summed E-state index contributed by atoms with van der Waals surface area (Å²) in [5, 5.41) is 10.1. The van der Waals surface area contributed by atoms with E-state index < -0.39 is 0 Å². The molecule has 2 rings (SSSR count). The van der Waals surface area contributed by atoms with Crippen molar-refractivity contribution in [2.75, 3.05) is 0 Å². The largest absolute Gasteiger partial charge is 0.198 e. The maximum absolute atomic E-state index is 5.54. The van der Waals surface area contributed by atoms with Gasteiger partial charge in [0.1, 0.15) is 0 Å². The number of aromatic nitrogens is 3. The number of H-pyrrole nitrogens is 1. The summed E-state index contributed by atoms with van der Waals surface area (Å²) < 4.78 is 0. The molecule has 0 saturated carbocycles. The fourth-order valence-corrected chi connectivity index (χ4v) is 0.727. The zero-order chi connectivity index (χ0) is 8.65. The minimum Gasteiger partial charge on any atom is -0.198 e. The average Bonchev–Trinajstić information content (AvgIpc) is 2.62. The van der Waals surface area contributed by atoms with Crippen molar-refractivity contribution in [1.82, 2.24) is 15.4 Å². The van der Waals surface area contributed by atoms with Gasteiger partial charge in [-0.05, 0) is 12.1 Å². The predicted molar refractivity (Wildman–Crippen MR) is 47.8 cm³/mol. The highest BCUT2D eigenvalue weighted by Crippen LogP contribution is 2.03. The number of nitrogens with one attached hydrogen (secondary N) is 1. The third-order valence-corrected chi connectivity index (χ3v) is 1.32. The van der Waals surface area contributed by atoms with Gasteiger partial charge in [0.15, 0.2) is 0 Å². The van der Waals surface area contributed by atoms with Crippen molar-refractivity contribution in [3.8, 4) is 0 Å². The van der Waals surface area contributed by atoms with Crippen molar-refractivity contribution < 1.29 is 0 Å². The van der Waals surface area contributed by atoms with Crippen LogP contribution in [0.15, 0.2) is 42.7 Å². The molecule has 1 heterocycles. The summed E-state index contributed by atoms with van der Waals surface area (Å²) in [5.41, 5.74) is 0. The lowest BCUT2D eigenvalue weighted by Gasteiger charge is -1.80. The second-order valence-corrected chi connectivity index (χ2v) is 2.39. The number of rotatable bonds is 0. The molecule has 1 aromatic heterocycles. The number of aromatic amines is 1. The van der Waals surface area contributed by atoms with E-state index >= 15 is 0 Å². The monoisotopic (exact) mass is 181 g/mol. The van der Waals surface area contributed by atoms with E-state index in [0.29, 0.717) is 0 Å². The Balaban J connectivity index is 0.000000127. The van der Waals surface area contributed by atoms with Gasteiger partial charge in [0.25, 0.3) is 0 Å². The van der Waals surface area contributed by atoms with Gasteiger partial charge < -0.3 is 0 Å². The standard InChI is InChI=1S/C6H5Cl.C2H3N3/c7-6-4-2-1-3-5-6;1-2-4-5-3-1/h1-5H;1-2H,(H,3,4,5). The van der Waals surface area contributed by atoms with Crippen molar-refractivity contribution in [3.63, 3.8) is 0 Å². The van der Waals surface area contributed by atoms with E-state index in [0.717, 1.165) is 5.02 Å². The summed E-state index contributed by atoms with van der Waals surface area (Å²) in [7, 11) is 0. The van der Waals surface area contributed by atoms with Gasteiger partial charge in [-0.1, -0.05) is 29.8 Å². The fourth-order valence-electron chi connectivity index (χ4n) is 0.581. The van der Waals surface area contributed by atoms with Crippen molar-refractivity contribution in [3.05, 3.63) is 47.7 Å². The Kier molecular flexibility index (Phi) is 3.88. The van der Waals surface area contributed by atoms with Gasteiger partial charge in [0, 0.05) is 5.02 Å². The first-order chi connectivity index (χ1) is 5.89. The number of nitrogens with zero attached hydrogens (tertiary/aromatic N) is 2. The molecular weight excluding hydrogens is 174 g/mol. The van der Waals surface area contributed by atoms with E-state index in [1.807, 2.05) is 30.3 Å². The smallest absolute Gasteiger partial charge is 0.0690 e. The number of benzene rings is 1. The SMILES string of the molecule is Clc1ccccc1.c1cn[nH]n1. The van der Waals surface area contributed by atoms with Gasteiger partial charge in [-0.3, -0.25) is 0 Å². The van der Waals surface area contributed by atoms with Crippen molar-refractivity contribution in [2.45, 2.75) is 0 Å². The number of hydrogen-bond donors (Lipinski definition) is 1. The third kappa shape index (κ3) is 3.73. The predicted octanol–water partition coefficient (Wildman–Crippen LogP) is 2.14. The molecule has 0 radical (unpaired) electrons. The zero-order valence-electron chi connectivity index (χ0n) is 6.31. The first kappa shape index (κ1) is 8.74. The summed E-state index contributed by atoms with van der Waals surface area (Å²) in [5.74, 6) is 0. The van der Waals surface area contributed by atoms with Gasteiger partial charge in [0.05, 0.1) is 12.4 Å². The van der Waals surface area contributed by atoms with Gasteiger partial charge in [-0.15, -0.1) is 0 Å². The summed E-state index contributed by atoms with van der Waals surface area (Å²) in [6, 6.07) is 9.44. The van der Waals surface area contributed by atoms with Crippen LogP contribution in [0.2, 0.25) is 5.02 Å². The van der Waals surface area contributed by atoms with Crippen LogP contribution >= 0.6 is 11.6 Å². The zero-order valence-corrected chi connectivity index (χ0v) is 7.07. The topological polar surface area (TPSA) is 41.6 Å². The van der Waals surface area contributed by atoms with Gasteiger partial charge >= 0.3 is 0 Å². The molecule has 0 aliphatic heterocycles. The lowest BCUT2D eigenvalue weighted by atomic mass is 10.4. The highest BCUT2D eigenvalue weighted by atomic mass is 35.5. The molecule has 1 N–H and O–H groups in total. The molecule has 2 aromatic rings. The molecule has 1 aromatic carbocycles. The van der Waals surface area contributed by atoms with Crippen LogP contribution in [-0.4, -0.2) is 15.4 Å². The van der Waals surface area contributed by atoms with Crippen molar-refractivity contribution >= 4 is 11.6 Å². The Labute approximate surface area is 75.4 Å². The molecular formula is C8H8ClN3. The molecule has 0 aliphatic rings. The quantitative estimate of drug-likeness (QED) is 0.677. The maximum Gasteiger partial charge on any atom is 0.0690 e. The van der Waals surface area contributed by atoms with E-state index in [9.17, 15) is 0 Å². The van der Waals surface area contributed by atoms with Crippen molar-refractivity contribution in [1.29, 1.82) is 0 Å². The molecule has 0 amide bonds. The van der Waals surface area contributed by atoms with E-state index in [2.05, 4.69) is 15.4 Å². The van der Waals surface area contributed by atoms with E-state index in [4.69, 9.17) is 11.6 Å². The molecule has 0 atom stereocenters. The Hall–Kier alpha value is -1.35. The summed E-state index contributed by atoms with van der Waals surface area (Å²) >= 11 is 5.54. The average molecular weight is 182 g/mol. The summed E-state index contributed by atoms with van der Waals surface area (Å²) in [4.78, 5) is 0. The lowest BCUT2D eigenvalue weighted by Crippen LogP contribution is -1.61. The summed E-state index contributed by atoms with van der Waals surface area (Å²) in [6.45, 7) is 0. The highest BCUT2D eigenvalue weighted by Gasteiger charge is 1.74. The molecule has 0 bridgehead atoms. The first-order valence-electron chi connectivity index (χ1n) is 3.40. The van der Waals surface area contributed by atoms with Crippen LogP contribution in [0.5, 0.6) is 0 Å². The van der Waals surface area contributed by atoms with Crippen LogP contribution in [-0.2, 0) is 0 Å². The van der Waals surface area contributed by atoms with Gasteiger partial charge in [-0.25, -0.2) is 0 Å². The molecule has 3 nitrogen and oxygen atoms in total. The Morgan fingerprint density at radius 2 is 1.58 bits per heavy atom. The molecule has 0 aliphatic carbocycles.